The Morgan fingerprint density at radius 1 is 1.04 bits per heavy atom. The van der Waals surface area contributed by atoms with Gasteiger partial charge < -0.3 is 21.3 Å². The molecule has 142 valence electrons. The fraction of sp³-hybridized carbons (Fsp3) is 0.889. The summed E-state index contributed by atoms with van der Waals surface area (Å²) in [6, 6.07) is 0.158. The number of amides is 3. The molecule has 1 aliphatic heterocycles. The Morgan fingerprint density at radius 3 is 2.24 bits per heavy atom. The number of carbonyl (C=O) groups is 2. The molecule has 4 saturated carbocycles. The molecule has 4 N–H and O–H groups in total. The van der Waals surface area contributed by atoms with Crippen molar-refractivity contribution in [3.05, 3.63) is 0 Å². The fourth-order valence-corrected chi connectivity index (χ4v) is 5.92. The minimum absolute atomic E-state index is 0. The van der Waals surface area contributed by atoms with E-state index in [1.165, 1.54) is 19.3 Å². The first kappa shape index (κ1) is 18.8. The molecule has 1 saturated heterocycles. The van der Waals surface area contributed by atoms with Crippen LogP contribution < -0.4 is 21.3 Å². The summed E-state index contributed by atoms with van der Waals surface area (Å²) in [7, 11) is 0. The van der Waals surface area contributed by atoms with Crippen LogP contribution in [0, 0.1) is 17.8 Å². The normalized spacial score (nSPS) is 38.1. The van der Waals surface area contributed by atoms with Gasteiger partial charge in [0.25, 0.3) is 0 Å². The molecule has 0 aromatic rings. The minimum Gasteiger partial charge on any atom is -0.352 e. The van der Waals surface area contributed by atoms with Gasteiger partial charge in [0.1, 0.15) is 0 Å². The molecule has 25 heavy (non-hydrogen) atoms. The van der Waals surface area contributed by atoms with Gasteiger partial charge in [-0.1, -0.05) is 0 Å². The van der Waals surface area contributed by atoms with Gasteiger partial charge in [0, 0.05) is 31.1 Å². The van der Waals surface area contributed by atoms with Crippen LogP contribution in [0.5, 0.6) is 0 Å². The Bertz CT molecular complexity index is 472. The maximum atomic E-state index is 12.3. The lowest BCUT2D eigenvalue weighted by Crippen LogP contribution is -2.61. The molecule has 5 fully saturated rings. The van der Waals surface area contributed by atoms with Crippen LogP contribution >= 0.6 is 12.4 Å². The third-order valence-electron chi connectivity index (χ3n) is 6.48. The number of hydrogen-bond acceptors (Lipinski definition) is 3. The summed E-state index contributed by atoms with van der Waals surface area (Å²) in [6.45, 7) is 2.23. The molecule has 0 spiro atoms. The molecule has 4 bridgehead atoms. The second-order valence-electron chi connectivity index (χ2n) is 8.59. The monoisotopic (exact) mass is 370 g/mol. The van der Waals surface area contributed by atoms with Gasteiger partial charge in [0.15, 0.2) is 0 Å². The quantitative estimate of drug-likeness (QED) is 0.592. The smallest absolute Gasteiger partial charge is 0.315 e. The van der Waals surface area contributed by atoms with Crippen LogP contribution in [0.1, 0.15) is 51.4 Å². The van der Waals surface area contributed by atoms with Gasteiger partial charge >= 0.3 is 6.03 Å². The third kappa shape index (κ3) is 4.40. The molecule has 6 nitrogen and oxygen atoms in total. The van der Waals surface area contributed by atoms with Crippen molar-refractivity contribution in [2.75, 3.05) is 19.6 Å². The largest absolute Gasteiger partial charge is 0.352 e. The van der Waals surface area contributed by atoms with Crippen LogP contribution in [0.4, 0.5) is 4.79 Å². The van der Waals surface area contributed by atoms with E-state index < -0.39 is 0 Å². The Balaban J connectivity index is 0.00000182. The summed E-state index contributed by atoms with van der Waals surface area (Å²) in [4.78, 5) is 24.2. The van der Waals surface area contributed by atoms with Crippen molar-refractivity contribution in [3.63, 3.8) is 0 Å². The summed E-state index contributed by atoms with van der Waals surface area (Å²) in [5, 5.41) is 12.4. The van der Waals surface area contributed by atoms with Crippen LogP contribution in [0.2, 0.25) is 0 Å². The van der Waals surface area contributed by atoms with Crippen molar-refractivity contribution in [1.29, 1.82) is 0 Å². The van der Waals surface area contributed by atoms with E-state index in [1.54, 1.807) is 0 Å². The highest BCUT2D eigenvalue weighted by Gasteiger charge is 2.51. The van der Waals surface area contributed by atoms with Gasteiger partial charge in [0.2, 0.25) is 5.91 Å². The van der Waals surface area contributed by atoms with E-state index in [0.717, 1.165) is 56.5 Å². The predicted octanol–water partition coefficient (Wildman–Crippen LogP) is 1.54. The summed E-state index contributed by atoms with van der Waals surface area (Å²) in [5.41, 5.74) is 0.0383. The number of hydrogen-bond donors (Lipinski definition) is 4. The van der Waals surface area contributed by atoms with E-state index in [0.29, 0.717) is 13.0 Å². The van der Waals surface area contributed by atoms with Gasteiger partial charge in [-0.05, 0) is 69.2 Å². The number of halogens is 1. The summed E-state index contributed by atoms with van der Waals surface area (Å²) in [5.74, 6) is 2.49. The van der Waals surface area contributed by atoms with Crippen LogP contribution in [0.3, 0.4) is 0 Å². The van der Waals surface area contributed by atoms with E-state index in [2.05, 4.69) is 21.3 Å². The molecule has 1 unspecified atom stereocenters. The lowest BCUT2D eigenvalue weighted by atomic mass is 9.53. The molecule has 4 aliphatic carbocycles. The first-order chi connectivity index (χ1) is 11.6. The predicted molar refractivity (Wildman–Crippen MR) is 98.7 cm³/mol. The second kappa shape index (κ2) is 7.70. The van der Waals surface area contributed by atoms with E-state index in [9.17, 15) is 9.59 Å². The van der Waals surface area contributed by atoms with E-state index >= 15 is 0 Å². The first-order valence-corrected chi connectivity index (χ1v) is 9.66. The molecular weight excluding hydrogens is 340 g/mol. The maximum Gasteiger partial charge on any atom is 0.315 e. The Morgan fingerprint density at radius 2 is 1.68 bits per heavy atom. The van der Waals surface area contributed by atoms with Crippen molar-refractivity contribution < 1.29 is 9.59 Å². The highest BCUT2D eigenvalue weighted by Crippen LogP contribution is 2.55. The topological polar surface area (TPSA) is 82.3 Å². The Hall–Kier alpha value is -1.01. The first-order valence-electron chi connectivity index (χ1n) is 9.66. The number of rotatable bonds is 5. The standard InChI is InChI=1S/C18H30N4O2.ClH/c23-16(21-15-1-3-19-11-15)2-4-20-17(24)22-18-8-12-5-13(9-18)7-14(6-12)10-18;/h12-15,19H,1-11H2,(H,21,23)(H2,20,22,24);1H. The highest BCUT2D eigenvalue weighted by atomic mass is 35.5. The second-order valence-corrected chi connectivity index (χ2v) is 8.59. The maximum absolute atomic E-state index is 12.3. The molecule has 1 heterocycles. The van der Waals surface area contributed by atoms with Crippen molar-refractivity contribution in [2.24, 2.45) is 17.8 Å². The lowest BCUT2D eigenvalue weighted by Gasteiger charge is -2.56. The molecule has 0 radical (unpaired) electrons. The Kier molecular flexibility index (Phi) is 5.78. The summed E-state index contributed by atoms with van der Waals surface area (Å²) in [6.07, 6.45) is 8.93. The van der Waals surface area contributed by atoms with Crippen LogP contribution in [-0.2, 0) is 4.79 Å². The lowest BCUT2D eigenvalue weighted by molar-refractivity contribution is -0.121. The summed E-state index contributed by atoms with van der Waals surface area (Å²) < 4.78 is 0. The van der Waals surface area contributed by atoms with Crippen molar-refractivity contribution in [2.45, 2.75) is 62.9 Å². The van der Waals surface area contributed by atoms with Crippen molar-refractivity contribution in [3.8, 4) is 0 Å². The van der Waals surface area contributed by atoms with Gasteiger partial charge in [-0.25, -0.2) is 4.79 Å². The zero-order valence-corrected chi connectivity index (χ0v) is 15.6. The van der Waals surface area contributed by atoms with Gasteiger partial charge in [-0.2, -0.15) is 0 Å². The molecule has 0 aromatic carbocycles. The third-order valence-corrected chi connectivity index (χ3v) is 6.48. The van der Waals surface area contributed by atoms with Gasteiger partial charge in [-0.3, -0.25) is 4.79 Å². The van der Waals surface area contributed by atoms with Crippen LogP contribution in [0.25, 0.3) is 0 Å². The van der Waals surface area contributed by atoms with E-state index in [-0.39, 0.29) is 35.9 Å². The Labute approximate surface area is 156 Å². The number of urea groups is 1. The number of carbonyl (C=O) groups excluding carboxylic acids is 2. The van der Waals surface area contributed by atoms with Crippen molar-refractivity contribution in [1.82, 2.24) is 21.3 Å². The minimum atomic E-state index is -0.0905. The zero-order chi connectivity index (χ0) is 16.6. The highest BCUT2D eigenvalue weighted by molar-refractivity contribution is 5.85. The summed E-state index contributed by atoms with van der Waals surface area (Å²) >= 11 is 0. The fourth-order valence-electron chi connectivity index (χ4n) is 5.92. The molecule has 1 atom stereocenters. The molecular formula is C18H31ClN4O2. The number of nitrogens with one attached hydrogen (secondary N) is 4. The van der Waals surface area contributed by atoms with E-state index in [1.807, 2.05) is 0 Å². The zero-order valence-electron chi connectivity index (χ0n) is 14.8. The van der Waals surface area contributed by atoms with Crippen molar-refractivity contribution >= 4 is 24.3 Å². The molecule has 7 heteroatoms. The average Bonchev–Trinajstić information content (AvgIpc) is 2.97. The van der Waals surface area contributed by atoms with Crippen LogP contribution in [-0.4, -0.2) is 43.2 Å². The van der Waals surface area contributed by atoms with Gasteiger partial charge in [0.05, 0.1) is 0 Å². The van der Waals surface area contributed by atoms with Crippen LogP contribution in [0.15, 0.2) is 0 Å². The average molecular weight is 371 g/mol. The SMILES string of the molecule is Cl.O=C(CCNC(=O)NC12CC3CC(CC(C3)C1)C2)NC1CCNC1. The molecule has 3 amide bonds. The molecule has 5 rings (SSSR count). The van der Waals surface area contributed by atoms with E-state index in [4.69, 9.17) is 0 Å². The molecule has 0 aromatic heterocycles. The molecule has 5 aliphatic rings. The van der Waals surface area contributed by atoms with Gasteiger partial charge in [-0.15, -0.1) is 12.4 Å².